The Morgan fingerprint density at radius 2 is 1.95 bits per heavy atom. The van der Waals surface area contributed by atoms with Crippen LogP contribution in [0.3, 0.4) is 0 Å². The van der Waals surface area contributed by atoms with Crippen molar-refractivity contribution in [3.63, 3.8) is 0 Å². The van der Waals surface area contributed by atoms with Crippen molar-refractivity contribution in [3.05, 3.63) is 0 Å². The van der Waals surface area contributed by atoms with Gasteiger partial charge < -0.3 is 10.6 Å². The van der Waals surface area contributed by atoms with Gasteiger partial charge in [-0.05, 0) is 69.4 Å². The number of hydrogen-bond acceptors (Lipinski definition) is 3. The first-order chi connectivity index (χ1) is 9.91. The number of nitrogens with zero attached hydrogens (tertiary/aromatic N) is 1. The Hall–Kier alpha value is -0.610. The third-order valence-electron chi connectivity index (χ3n) is 5.66. The Labute approximate surface area is 128 Å². The summed E-state index contributed by atoms with van der Waals surface area (Å²) in [6.07, 6.45) is 8.45. The van der Waals surface area contributed by atoms with Gasteiger partial charge in [0.2, 0.25) is 5.91 Å². The zero-order valence-electron chi connectivity index (χ0n) is 13.7. The molecule has 0 radical (unpaired) electrons. The summed E-state index contributed by atoms with van der Waals surface area (Å²) in [5, 5.41) is 3.64. The van der Waals surface area contributed by atoms with Crippen molar-refractivity contribution < 1.29 is 4.79 Å². The van der Waals surface area contributed by atoms with Crippen molar-refractivity contribution in [1.29, 1.82) is 0 Å². The smallest absolute Gasteiger partial charge is 0.239 e. The SMILES string of the molecule is CC1(C)CCCN(CC(NC2CC2)(C(N)=O)C2CC2)CC1. The molecule has 3 aliphatic rings. The average Bonchev–Trinajstić information content (AvgIpc) is 3.26. The molecule has 3 rings (SSSR count). The Kier molecular flexibility index (Phi) is 4.04. The molecule has 0 bridgehead atoms. The van der Waals surface area contributed by atoms with E-state index in [4.69, 9.17) is 5.73 Å². The minimum atomic E-state index is -0.463. The molecule has 1 aliphatic heterocycles. The van der Waals surface area contributed by atoms with Crippen molar-refractivity contribution in [2.24, 2.45) is 17.1 Å². The van der Waals surface area contributed by atoms with Crippen LogP contribution in [-0.2, 0) is 4.79 Å². The van der Waals surface area contributed by atoms with E-state index in [1.54, 1.807) is 0 Å². The molecule has 1 amide bonds. The van der Waals surface area contributed by atoms with Gasteiger partial charge in [0.1, 0.15) is 5.54 Å². The van der Waals surface area contributed by atoms with E-state index in [0.29, 0.717) is 17.4 Å². The number of rotatable bonds is 6. The van der Waals surface area contributed by atoms with Gasteiger partial charge in [-0.15, -0.1) is 0 Å². The van der Waals surface area contributed by atoms with Gasteiger partial charge in [-0.3, -0.25) is 10.1 Å². The normalized spacial score (nSPS) is 29.6. The van der Waals surface area contributed by atoms with Gasteiger partial charge >= 0.3 is 0 Å². The number of nitrogens with one attached hydrogen (secondary N) is 1. The van der Waals surface area contributed by atoms with Crippen LogP contribution in [0.4, 0.5) is 0 Å². The summed E-state index contributed by atoms with van der Waals surface area (Å²) in [5.74, 6) is 0.340. The Morgan fingerprint density at radius 1 is 1.24 bits per heavy atom. The number of primary amides is 1. The second-order valence-corrected chi connectivity index (χ2v) is 8.32. The summed E-state index contributed by atoms with van der Waals surface area (Å²) >= 11 is 0. The number of carbonyl (C=O) groups is 1. The van der Waals surface area contributed by atoms with E-state index in [-0.39, 0.29) is 5.91 Å². The van der Waals surface area contributed by atoms with E-state index in [2.05, 4.69) is 24.1 Å². The minimum Gasteiger partial charge on any atom is -0.368 e. The van der Waals surface area contributed by atoms with E-state index in [9.17, 15) is 4.79 Å². The molecule has 120 valence electrons. The molecule has 0 aromatic heterocycles. The number of likely N-dealkylation sites (tertiary alicyclic amines) is 1. The van der Waals surface area contributed by atoms with Gasteiger partial charge in [0.25, 0.3) is 0 Å². The van der Waals surface area contributed by atoms with Crippen LogP contribution in [0.5, 0.6) is 0 Å². The largest absolute Gasteiger partial charge is 0.368 e. The van der Waals surface area contributed by atoms with Crippen molar-refractivity contribution >= 4 is 5.91 Å². The van der Waals surface area contributed by atoms with Crippen molar-refractivity contribution in [1.82, 2.24) is 10.2 Å². The Bertz CT molecular complexity index is 401. The molecule has 0 aromatic carbocycles. The number of amides is 1. The van der Waals surface area contributed by atoms with Crippen LogP contribution in [0.1, 0.15) is 58.8 Å². The standard InChI is InChI=1S/C17H31N3O/c1-16(2)8-3-10-20(11-9-16)12-17(15(18)21,13-4-5-13)19-14-6-7-14/h13-14,19H,3-12H2,1-2H3,(H2,18,21). The fourth-order valence-electron chi connectivity index (χ4n) is 3.80. The van der Waals surface area contributed by atoms with Crippen LogP contribution in [0.25, 0.3) is 0 Å². The predicted octanol–water partition coefficient (Wildman–Crippen LogP) is 1.88. The van der Waals surface area contributed by atoms with Crippen molar-refractivity contribution in [2.75, 3.05) is 19.6 Å². The Morgan fingerprint density at radius 3 is 2.52 bits per heavy atom. The summed E-state index contributed by atoms with van der Waals surface area (Å²) in [4.78, 5) is 14.8. The lowest BCUT2D eigenvalue weighted by atomic mass is 9.85. The van der Waals surface area contributed by atoms with E-state index in [0.717, 1.165) is 32.5 Å². The third kappa shape index (κ3) is 3.59. The van der Waals surface area contributed by atoms with Crippen LogP contribution in [-0.4, -0.2) is 42.0 Å². The topological polar surface area (TPSA) is 58.4 Å². The van der Waals surface area contributed by atoms with Gasteiger partial charge in [-0.1, -0.05) is 13.8 Å². The molecule has 0 aromatic rings. The molecule has 2 saturated carbocycles. The van der Waals surface area contributed by atoms with Crippen molar-refractivity contribution in [3.8, 4) is 0 Å². The molecule has 4 nitrogen and oxygen atoms in total. The fourth-order valence-corrected chi connectivity index (χ4v) is 3.80. The predicted molar refractivity (Wildman–Crippen MR) is 84.9 cm³/mol. The summed E-state index contributed by atoms with van der Waals surface area (Å²) in [5.41, 5.74) is 5.85. The van der Waals surface area contributed by atoms with E-state index < -0.39 is 5.54 Å². The van der Waals surface area contributed by atoms with Gasteiger partial charge in [0, 0.05) is 12.6 Å². The quantitative estimate of drug-likeness (QED) is 0.786. The van der Waals surface area contributed by atoms with Crippen LogP contribution in [0.2, 0.25) is 0 Å². The molecule has 21 heavy (non-hydrogen) atoms. The van der Waals surface area contributed by atoms with Crippen LogP contribution in [0.15, 0.2) is 0 Å². The first-order valence-electron chi connectivity index (χ1n) is 8.71. The summed E-state index contributed by atoms with van der Waals surface area (Å²) in [7, 11) is 0. The molecular weight excluding hydrogens is 262 g/mol. The average molecular weight is 293 g/mol. The summed E-state index contributed by atoms with van der Waals surface area (Å²) in [6, 6.07) is 0.529. The highest BCUT2D eigenvalue weighted by atomic mass is 16.1. The zero-order chi connectivity index (χ0) is 15.1. The highest BCUT2D eigenvalue weighted by molar-refractivity contribution is 5.86. The molecular formula is C17H31N3O. The highest BCUT2D eigenvalue weighted by Crippen LogP contribution is 2.42. The lowest BCUT2D eigenvalue weighted by molar-refractivity contribution is -0.126. The van der Waals surface area contributed by atoms with Gasteiger partial charge in [0.15, 0.2) is 0 Å². The van der Waals surface area contributed by atoms with E-state index in [1.165, 1.54) is 32.1 Å². The molecule has 1 heterocycles. The second-order valence-electron chi connectivity index (χ2n) is 8.32. The molecule has 4 heteroatoms. The van der Waals surface area contributed by atoms with Gasteiger partial charge in [0.05, 0.1) is 0 Å². The zero-order valence-corrected chi connectivity index (χ0v) is 13.7. The van der Waals surface area contributed by atoms with E-state index >= 15 is 0 Å². The van der Waals surface area contributed by atoms with Gasteiger partial charge in [-0.2, -0.15) is 0 Å². The lowest BCUT2D eigenvalue weighted by Crippen LogP contribution is -2.64. The fraction of sp³-hybridized carbons (Fsp3) is 0.941. The maximum Gasteiger partial charge on any atom is 0.239 e. The Balaban J connectivity index is 1.70. The van der Waals surface area contributed by atoms with Crippen LogP contribution >= 0.6 is 0 Å². The molecule has 3 N–H and O–H groups in total. The summed E-state index contributed by atoms with van der Waals surface area (Å²) in [6.45, 7) is 7.75. The maximum absolute atomic E-state index is 12.3. The third-order valence-corrected chi connectivity index (χ3v) is 5.66. The van der Waals surface area contributed by atoms with Crippen LogP contribution < -0.4 is 11.1 Å². The maximum atomic E-state index is 12.3. The molecule has 2 aliphatic carbocycles. The number of nitrogens with two attached hydrogens (primary N) is 1. The molecule has 1 unspecified atom stereocenters. The first-order valence-corrected chi connectivity index (χ1v) is 8.71. The highest BCUT2D eigenvalue weighted by Gasteiger charge is 2.52. The van der Waals surface area contributed by atoms with Crippen molar-refractivity contribution in [2.45, 2.75) is 70.4 Å². The molecule has 1 saturated heterocycles. The lowest BCUT2D eigenvalue weighted by Gasteiger charge is -2.37. The molecule has 0 spiro atoms. The first kappa shape index (κ1) is 15.3. The molecule has 1 atom stereocenters. The van der Waals surface area contributed by atoms with Crippen LogP contribution in [0, 0.1) is 11.3 Å². The van der Waals surface area contributed by atoms with Gasteiger partial charge in [-0.25, -0.2) is 0 Å². The van der Waals surface area contributed by atoms with E-state index in [1.807, 2.05) is 0 Å². The number of carbonyl (C=O) groups excluding carboxylic acids is 1. The number of hydrogen-bond donors (Lipinski definition) is 2. The summed E-state index contributed by atoms with van der Waals surface area (Å²) < 4.78 is 0. The second kappa shape index (κ2) is 5.54. The minimum absolute atomic E-state index is 0.125. The monoisotopic (exact) mass is 293 g/mol. The molecule has 3 fully saturated rings.